The number of aryl methyl sites for hydroxylation is 1. The number of fused-ring (bicyclic) bond motifs is 1. The number of nitrogens with zero attached hydrogens (tertiary/aromatic N) is 3. The summed E-state index contributed by atoms with van der Waals surface area (Å²) in [7, 11) is 0. The van der Waals surface area contributed by atoms with Crippen molar-refractivity contribution < 1.29 is 4.79 Å². The molecule has 1 aliphatic heterocycles. The molecule has 1 saturated heterocycles. The molecule has 3 aromatic heterocycles. The van der Waals surface area contributed by atoms with Gasteiger partial charge in [0.1, 0.15) is 0 Å². The number of rotatable bonds is 2. The number of aromatic nitrogens is 3. The molecule has 124 valence electrons. The number of carbonyl (C=O) groups excluding carboxylic acids is 1. The van der Waals surface area contributed by atoms with Crippen LogP contribution in [0.3, 0.4) is 0 Å². The fourth-order valence-corrected chi connectivity index (χ4v) is 3.96. The van der Waals surface area contributed by atoms with E-state index in [0.717, 1.165) is 29.1 Å². The molecular formula is C17H18N4O2S. The first-order valence-electron chi connectivity index (χ1n) is 8.04. The van der Waals surface area contributed by atoms with Gasteiger partial charge in [-0.1, -0.05) is 6.07 Å². The zero-order chi connectivity index (χ0) is 16.7. The lowest BCUT2D eigenvalue weighted by Gasteiger charge is -2.31. The highest BCUT2D eigenvalue weighted by Crippen LogP contribution is 2.27. The molecule has 4 heterocycles. The second-order valence-corrected chi connectivity index (χ2v) is 7.14. The number of H-pyrrole nitrogens is 1. The normalized spacial score (nSPS) is 16.0. The molecule has 0 spiro atoms. The Bertz CT molecular complexity index is 933. The molecule has 1 aliphatic rings. The van der Waals surface area contributed by atoms with Crippen LogP contribution in [0, 0.1) is 6.92 Å². The monoisotopic (exact) mass is 342 g/mol. The molecule has 7 heteroatoms. The topological polar surface area (TPSA) is 70.5 Å². The average Bonchev–Trinajstić information content (AvgIpc) is 3.23. The van der Waals surface area contributed by atoms with Gasteiger partial charge in [0.15, 0.2) is 5.65 Å². The van der Waals surface area contributed by atoms with Crippen molar-refractivity contribution in [2.75, 3.05) is 13.1 Å². The van der Waals surface area contributed by atoms with Crippen LogP contribution in [0.25, 0.3) is 5.65 Å². The van der Waals surface area contributed by atoms with Crippen LogP contribution >= 0.6 is 11.3 Å². The van der Waals surface area contributed by atoms with Gasteiger partial charge in [0.25, 0.3) is 11.5 Å². The van der Waals surface area contributed by atoms with Crippen LogP contribution in [0.1, 0.15) is 39.8 Å². The lowest BCUT2D eigenvalue weighted by Crippen LogP contribution is -2.38. The fraction of sp³-hybridized carbons (Fsp3) is 0.353. The SMILES string of the molecule is Cc1cc2nc(C3CCN(C(=O)c4cccs4)CC3)cc(=O)n2[nH]1. The van der Waals surface area contributed by atoms with E-state index in [9.17, 15) is 9.59 Å². The minimum Gasteiger partial charge on any atom is -0.338 e. The Labute approximate surface area is 142 Å². The Morgan fingerprint density at radius 2 is 2.12 bits per heavy atom. The van der Waals surface area contributed by atoms with Crippen molar-refractivity contribution >= 4 is 22.9 Å². The molecule has 1 amide bonds. The van der Waals surface area contributed by atoms with Gasteiger partial charge in [-0.25, -0.2) is 9.50 Å². The van der Waals surface area contributed by atoms with Crippen LogP contribution in [-0.4, -0.2) is 38.5 Å². The average molecular weight is 342 g/mol. The van der Waals surface area contributed by atoms with Crippen molar-refractivity contribution in [3.05, 3.63) is 56.3 Å². The van der Waals surface area contributed by atoms with E-state index in [1.165, 1.54) is 15.9 Å². The molecule has 4 rings (SSSR count). The summed E-state index contributed by atoms with van der Waals surface area (Å²) in [5.41, 5.74) is 2.32. The molecule has 24 heavy (non-hydrogen) atoms. The Morgan fingerprint density at radius 3 is 2.83 bits per heavy atom. The van der Waals surface area contributed by atoms with Gasteiger partial charge in [-0.15, -0.1) is 11.3 Å². The largest absolute Gasteiger partial charge is 0.338 e. The predicted molar refractivity (Wildman–Crippen MR) is 92.7 cm³/mol. The molecule has 6 nitrogen and oxygen atoms in total. The molecule has 1 fully saturated rings. The van der Waals surface area contributed by atoms with Crippen molar-refractivity contribution in [3.63, 3.8) is 0 Å². The summed E-state index contributed by atoms with van der Waals surface area (Å²) in [4.78, 5) is 31.9. The van der Waals surface area contributed by atoms with E-state index in [-0.39, 0.29) is 17.4 Å². The van der Waals surface area contributed by atoms with Crippen molar-refractivity contribution in [3.8, 4) is 0 Å². The Kier molecular flexibility index (Phi) is 3.72. The summed E-state index contributed by atoms with van der Waals surface area (Å²) in [6, 6.07) is 7.25. The van der Waals surface area contributed by atoms with E-state index < -0.39 is 0 Å². The zero-order valence-electron chi connectivity index (χ0n) is 13.4. The maximum Gasteiger partial charge on any atom is 0.272 e. The molecule has 0 aromatic carbocycles. The summed E-state index contributed by atoms with van der Waals surface area (Å²) >= 11 is 1.48. The number of hydrogen-bond donors (Lipinski definition) is 1. The van der Waals surface area contributed by atoms with Gasteiger partial charge < -0.3 is 4.90 Å². The molecule has 1 N–H and O–H groups in total. The first-order valence-corrected chi connectivity index (χ1v) is 8.92. The van der Waals surface area contributed by atoms with Gasteiger partial charge in [-0.3, -0.25) is 14.7 Å². The Morgan fingerprint density at radius 1 is 1.33 bits per heavy atom. The van der Waals surface area contributed by atoms with E-state index in [0.29, 0.717) is 18.7 Å². The van der Waals surface area contributed by atoms with Gasteiger partial charge >= 0.3 is 0 Å². The molecule has 0 atom stereocenters. The highest BCUT2D eigenvalue weighted by molar-refractivity contribution is 7.12. The number of nitrogens with one attached hydrogen (secondary N) is 1. The maximum absolute atomic E-state index is 12.4. The molecular weight excluding hydrogens is 324 g/mol. The standard InChI is InChI=1S/C17H18N4O2S/c1-11-9-15-18-13(10-16(22)21(15)19-11)12-4-6-20(7-5-12)17(23)14-3-2-8-24-14/h2-3,8-10,12,19H,4-7H2,1H3. The molecule has 0 radical (unpaired) electrons. The van der Waals surface area contributed by atoms with Gasteiger partial charge in [0, 0.05) is 36.8 Å². The van der Waals surface area contributed by atoms with Crippen LogP contribution in [0.15, 0.2) is 34.4 Å². The summed E-state index contributed by atoms with van der Waals surface area (Å²) in [5.74, 6) is 0.332. The van der Waals surface area contributed by atoms with Crippen LogP contribution in [0.4, 0.5) is 0 Å². The van der Waals surface area contributed by atoms with Gasteiger partial charge in [0.2, 0.25) is 0 Å². The minimum atomic E-state index is -0.0832. The van der Waals surface area contributed by atoms with Crippen molar-refractivity contribution in [2.45, 2.75) is 25.7 Å². The number of likely N-dealkylation sites (tertiary alicyclic amines) is 1. The number of carbonyl (C=O) groups is 1. The van der Waals surface area contributed by atoms with E-state index in [4.69, 9.17) is 0 Å². The van der Waals surface area contributed by atoms with E-state index >= 15 is 0 Å². The number of thiophene rings is 1. The van der Waals surface area contributed by atoms with Crippen LogP contribution in [0.5, 0.6) is 0 Å². The lowest BCUT2D eigenvalue weighted by atomic mass is 9.93. The number of hydrogen-bond acceptors (Lipinski definition) is 4. The van der Waals surface area contributed by atoms with E-state index in [1.807, 2.05) is 35.4 Å². The number of piperidine rings is 1. The second kappa shape index (κ2) is 5.90. The van der Waals surface area contributed by atoms with Crippen molar-refractivity contribution in [2.24, 2.45) is 0 Å². The van der Waals surface area contributed by atoms with E-state index in [1.54, 1.807) is 6.07 Å². The highest BCUT2D eigenvalue weighted by Gasteiger charge is 2.26. The zero-order valence-corrected chi connectivity index (χ0v) is 14.2. The first kappa shape index (κ1) is 15.1. The summed E-state index contributed by atoms with van der Waals surface area (Å²) in [6.07, 6.45) is 1.67. The predicted octanol–water partition coefficient (Wildman–Crippen LogP) is 2.41. The van der Waals surface area contributed by atoms with Gasteiger partial charge in [0.05, 0.1) is 10.6 Å². The summed E-state index contributed by atoms with van der Waals surface area (Å²) < 4.78 is 1.47. The molecule has 0 unspecified atom stereocenters. The quantitative estimate of drug-likeness (QED) is 0.777. The second-order valence-electron chi connectivity index (χ2n) is 6.20. The molecule has 0 bridgehead atoms. The van der Waals surface area contributed by atoms with Crippen molar-refractivity contribution in [1.82, 2.24) is 19.5 Å². The third-order valence-electron chi connectivity index (χ3n) is 4.53. The summed E-state index contributed by atoms with van der Waals surface area (Å²) in [6.45, 7) is 3.31. The maximum atomic E-state index is 12.4. The van der Waals surface area contributed by atoms with E-state index in [2.05, 4.69) is 10.1 Å². The smallest absolute Gasteiger partial charge is 0.272 e. The lowest BCUT2D eigenvalue weighted by molar-refractivity contribution is 0.0717. The number of aromatic amines is 1. The third kappa shape index (κ3) is 2.65. The highest BCUT2D eigenvalue weighted by atomic mass is 32.1. The summed E-state index contributed by atoms with van der Waals surface area (Å²) in [5, 5.41) is 4.91. The third-order valence-corrected chi connectivity index (χ3v) is 5.39. The molecule has 0 saturated carbocycles. The molecule has 3 aromatic rings. The Balaban J connectivity index is 1.51. The van der Waals surface area contributed by atoms with Crippen LogP contribution in [0.2, 0.25) is 0 Å². The molecule has 0 aliphatic carbocycles. The van der Waals surface area contributed by atoms with Crippen LogP contribution < -0.4 is 5.56 Å². The Hall–Kier alpha value is -2.41. The first-order chi connectivity index (χ1) is 11.6. The minimum absolute atomic E-state index is 0.0832. The van der Waals surface area contributed by atoms with Gasteiger partial charge in [-0.2, -0.15) is 0 Å². The fourth-order valence-electron chi connectivity index (χ4n) is 3.27. The van der Waals surface area contributed by atoms with Gasteiger partial charge in [-0.05, 0) is 31.2 Å². The van der Waals surface area contributed by atoms with Crippen molar-refractivity contribution in [1.29, 1.82) is 0 Å². The van der Waals surface area contributed by atoms with Crippen LogP contribution in [-0.2, 0) is 0 Å². The number of amides is 1.